The molecule has 1 aliphatic carbocycles. The van der Waals surface area contributed by atoms with Crippen molar-refractivity contribution in [3.8, 4) is 28.4 Å². The summed E-state index contributed by atoms with van der Waals surface area (Å²) in [5.41, 5.74) is 6.51. The molecule has 236 valence electrons. The number of aryl methyl sites for hydroxylation is 2. The van der Waals surface area contributed by atoms with Crippen LogP contribution in [0.25, 0.3) is 11.1 Å². The molecule has 3 aromatic rings. The molecule has 0 spiro atoms. The second kappa shape index (κ2) is 14.5. The molecule has 3 aromatic carbocycles. The molecular weight excluding hydrogens is 578 g/mol. The molecule has 9 heteroatoms. The van der Waals surface area contributed by atoms with Gasteiger partial charge in [-0.2, -0.15) is 0 Å². The maximum Gasteiger partial charge on any atom is 0.306 e. The van der Waals surface area contributed by atoms with E-state index in [4.69, 9.17) is 18.9 Å². The number of benzene rings is 3. The van der Waals surface area contributed by atoms with Crippen molar-refractivity contribution in [2.45, 2.75) is 64.9 Å². The molecule has 0 saturated heterocycles. The molecule has 0 amide bonds. The second-order valence-electron chi connectivity index (χ2n) is 11.9. The Labute approximate surface area is 261 Å². The number of carbonyl (C=O) groups is 1. The Morgan fingerprint density at radius 1 is 0.977 bits per heavy atom. The number of hydrogen-bond donors (Lipinski definition) is 1. The summed E-state index contributed by atoms with van der Waals surface area (Å²) in [5, 5.41) is 0. The first kappa shape index (κ1) is 31.9. The van der Waals surface area contributed by atoms with Gasteiger partial charge in [-0.25, -0.2) is 13.1 Å². The SMILES string of the molecule is COC(=O)CC1COc2cc(OCc3cccc(-c4c(C)cc(OCCCNS(=O)(=O)CC5CCCC5)cc4C)c3)ccc21. The van der Waals surface area contributed by atoms with Crippen molar-refractivity contribution in [1.29, 1.82) is 0 Å². The van der Waals surface area contributed by atoms with Crippen LogP contribution in [-0.4, -0.2) is 47.0 Å². The standard InChI is InChI=1S/C35H43NO7S/c1-24-16-31(41-15-7-14-36-44(38,39)23-26-8-4-5-9-26)17-25(2)35(24)28-11-6-10-27(18-28)21-42-30-12-13-32-29(19-34(37)40-3)22-43-33(32)20-30/h6,10-13,16-18,20,26,29,36H,4-5,7-9,14-15,19,21-23H2,1-3H3. The third-order valence-corrected chi connectivity index (χ3v) is 10.0. The lowest BCUT2D eigenvalue weighted by atomic mass is 9.94. The molecule has 1 fully saturated rings. The summed E-state index contributed by atoms with van der Waals surface area (Å²) >= 11 is 0. The maximum absolute atomic E-state index is 12.3. The van der Waals surface area contributed by atoms with Gasteiger partial charge in [0.1, 0.15) is 23.9 Å². The Hall–Kier alpha value is -3.56. The Bertz CT molecular complexity index is 1540. The van der Waals surface area contributed by atoms with Gasteiger partial charge < -0.3 is 18.9 Å². The number of methoxy groups -OCH3 is 1. The van der Waals surface area contributed by atoms with Gasteiger partial charge in [0, 0.05) is 24.1 Å². The molecule has 1 atom stereocenters. The van der Waals surface area contributed by atoms with Crippen molar-refractivity contribution in [1.82, 2.24) is 4.72 Å². The van der Waals surface area contributed by atoms with Crippen LogP contribution in [-0.2, 0) is 26.2 Å². The Morgan fingerprint density at radius 2 is 1.75 bits per heavy atom. The van der Waals surface area contributed by atoms with Gasteiger partial charge in [0.2, 0.25) is 10.0 Å². The average Bonchev–Trinajstić information content (AvgIpc) is 3.65. The van der Waals surface area contributed by atoms with Crippen molar-refractivity contribution in [2.24, 2.45) is 5.92 Å². The molecule has 2 aliphatic rings. The summed E-state index contributed by atoms with van der Waals surface area (Å²) in [6, 6.07) is 18.2. The van der Waals surface area contributed by atoms with Gasteiger partial charge in [0.25, 0.3) is 0 Å². The van der Waals surface area contributed by atoms with Crippen LogP contribution in [0.1, 0.15) is 66.7 Å². The topological polar surface area (TPSA) is 100 Å². The van der Waals surface area contributed by atoms with E-state index < -0.39 is 10.0 Å². The van der Waals surface area contributed by atoms with Crippen molar-refractivity contribution in [2.75, 3.05) is 32.6 Å². The molecule has 5 rings (SSSR count). The van der Waals surface area contributed by atoms with Gasteiger partial charge in [-0.1, -0.05) is 37.1 Å². The zero-order valence-corrected chi connectivity index (χ0v) is 26.7. The number of esters is 1. The predicted octanol–water partition coefficient (Wildman–Crippen LogP) is 6.47. The van der Waals surface area contributed by atoms with Crippen LogP contribution in [0, 0.1) is 19.8 Å². The highest BCUT2D eigenvalue weighted by Crippen LogP contribution is 2.39. The zero-order chi connectivity index (χ0) is 31.1. The van der Waals surface area contributed by atoms with Crippen LogP contribution in [0.3, 0.4) is 0 Å². The molecule has 1 heterocycles. The van der Waals surface area contributed by atoms with Crippen LogP contribution in [0.4, 0.5) is 0 Å². The van der Waals surface area contributed by atoms with E-state index in [1.165, 1.54) is 7.11 Å². The number of carbonyl (C=O) groups excluding carboxylic acids is 1. The Morgan fingerprint density at radius 3 is 2.50 bits per heavy atom. The molecular formula is C35H43NO7S. The molecule has 1 saturated carbocycles. The van der Waals surface area contributed by atoms with E-state index in [0.29, 0.717) is 50.9 Å². The first-order chi connectivity index (χ1) is 21.2. The van der Waals surface area contributed by atoms with Gasteiger partial charge in [0.15, 0.2) is 0 Å². The first-order valence-corrected chi connectivity index (χ1v) is 17.1. The Kier molecular flexibility index (Phi) is 10.5. The fourth-order valence-corrected chi connectivity index (χ4v) is 7.81. The number of sulfonamides is 1. The van der Waals surface area contributed by atoms with Crippen molar-refractivity contribution < 1.29 is 32.2 Å². The number of rotatable bonds is 14. The lowest BCUT2D eigenvalue weighted by Gasteiger charge is -2.15. The van der Waals surface area contributed by atoms with E-state index in [1.807, 2.05) is 42.5 Å². The van der Waals surface area contributed by atoms with E-state index in [1.54, 1.807) is 0 Å². The minimum Gasteiger partial charge on any atom is -0.494 e. The lowest BCUT2D eigenvalue weighted by Crippen LogP contribution is -2.30. The summed E-state index contributed by atoms with van der Waals surface area (Å²) < 4.78 is 50.1. The number of hydrogen-bond acceptors (Lipinski definition) is 7. The minimum absolute atomic E-state index is 0.00162. The zero-order valence-electron chi connectivity index (χ0n) is 25.9. The van der Waals surface area contributed by atoms with Crippen molar-refractivity contribution >= 4 is 16.0 Å². The van der Waals surface area contributed by atoms with E-state index in [9.17, 15) is 13.2 Å². The minimum atomic E-state index is -3.23. The van der Waals surface area contributed by atoms with Gasteiger partial charge in [0.05, 0.1) is 32.5 Å². The monoisotopic (exact) mass is 621 g/mol. The number of nitrogens with one attached hydrogen (secondary N) is 1. The van der Waals surface area contributed by atoms with E-state index >= 15 is 0 Å². The van der Waals surface area contributed by atoms with Crippen molar-refractivity contribution in [3.63, 3.8) is 0 Å². The van der Waals surface area contributed by atoms with Gasteiger partial charge in [-0.3, -0.25) is 4.79 Å². The summed E-state index contributed by atoms with van der Waals surface area (Å²) in [5.74, 6) is 2.54. The third-order valence-electron chi connectivity index (χ3n) is 8.47. The van der Waals surface area contributed by atoms with Gasteiger partial charge >= 0.3 is 5.97 Å². The summed E-state index contributed by atoms with van der Waals surface area (Å²) in [7, 11) is -1.83. The maximum atomic E-state index is 12.3. The molecule has 44 heavy (non-hydrogen) atoms. The summed E-state index contributed by atoms with van der Waals surface area (Å²) in [6.45, 7) is 5.84. The number of ether oxygens (including phenoxy) is 4. The quantitative estimate of drug-likeness (QED) is 0.163. The molecule has 0 radical (unpaired) electrons. The highest BCUT2D eigenvalue weighted by Gasteiger charge is 2.27. The third kappa shape index (κ3) is 8.33. The first-order valence-electron chi connectivity index (χ1n) is 15.5. The highest BCUT2D eigenvalue weighted by atomic mass is 32.2. The van der Waals surface area contributed by atoms with Gasteiger partial charge in [-0.15, -0.1) is 0 Å². The number of fused-ring (bicyclic) bond motifs is 1. The van der Waals surface area contributed by atoms with Crippen molar-refractivity contribution in [3.05, 3.63) is 76.9 Å². The van der Waals surface area contributed by atoms with Crippen LogP contribution in [0.2, 0.25) is 0 Å². The van der Waals surface area contributed by atoms with Gasteiger partial charge in [-0.05, 0) is 91.1 Å². The van der Waals surface area contributed by atoms with Crippen LogP contribution in [0.5, 0.6) is 17.2 Å². The van der Waals surface area contributed by atoms with Crippen LogP contribution >= 0.6 is 0 Å². The average molecular weight is 622 g/mol. The van der Waals surface area contributed by atoms with Crippen LogP contribution in [0.15, 0.2) is 54.6 Å². The highest BCUT2D eigenvalue weighted by molar-refractivity contribution is 7.89. The molecule has 0 aromatic heterocycles. The van der Waals surface area contributed by atoms with Crippen LogP contribution < -0.4 is 18.9 Å². The Balaban J connectivity index is 1.14. The molecule has 1 aliphatic heterocycles. The molecule has 8 nitrogen and oxygen atoms in total. The summed E-state index contributed by atoms with van der Waals surface area (Å²) in [4.78, 5) is 11.7. The van der Waals surface area contributed by atoms with E-state index in [2.05, 4.69) is 30.7 Å². The van der Waals surface area contributed by atoms with E-state index in [-0.39, 0.29) is 17.6 Å². The lowest BCUT2D eigenvalue weighted by molar-refractivity contribution is -0.141. The normalized spacial score (nSPS) is 16.4. The molecule has 1 N–H and O–H groups in total. The molecule has 0 bridgehead atoms. The predicted molar refractivity (Wildman–Crippen MR) is 171 cm³/mol. The largest absolute Gasteiger partial charge is 0.494 e. The molecule has 1 unspecified atom stereocenters. The smallest absolute Gasteiger partial charge is 0.306 e. The fraction of sp³-hybridized carbons (Fsp3) is 0.457. The summed E-state index contributed by atoms with van der Waals surface area (Å²) in [6.07, 6.45) is 5.22. The fourth-order valence-electron chi connectivity index (χ4n) is 6.28. The van der Waals surface area contributed by atoms with E-state index in [0.717, 1.165) is 70.6 Å². The second-order valence-corrected chi connectivity index (χ2v) is 13.8.